The van der Waals surface area contributed by atoms with Crippen molar-refractivity contribution < 1.29 is 14.7 Å². The van der Waals surface area contributed by atoms with Gasteiger partial charge in [-0.15, -0.1) is 0 Å². The zero-order valence-corrected chi connectivity index (χ0v) is 14.8. The molecule has 0 fully saturated rings. The van der Waals surface area contributed by atoms with E-state index in [2.05, 4.69) is 16.4 Å². The van der Waals surface area contributed by atoms with Gasteiger partial charge < -0.3 is 20.3 Å². The minimum Gasteiger partial charge on any atom is -0.480 e. The van der Waals surface area contributed by atoms with Crippen LogP contribution in [0.5, 0.6) is 0 Å². The van der Waals surface area contributed by atoms with Gasteiger partial charge in [0.25, 0.3) is 0 Å². The molecule has 3 aromatic rings. The SMILES string of the molecule is O=C(O)[C@H](Cc1ccccc1)NC(=O)N1CCc2c([nH]c3ccccc23)C1. The number of hydrogen-bond donors (Lipinski definition) is 3. The molecule has 0 saturated heterocycles. The highest BCUT2D eigenvalue weighted by atomic mass is 16.4. The van der Waals surface area contributed by atoms with E-state index >= 15 is 0 Å². The second-order valence-electron chi connectivity index (χ2n) is 6.83. The number of urea groups is 1. The number of fused-ring (bicyclic) bond motifs is 3. The van der Waals surface area contributed by atoms with Crippen LogP contribution in [0.4, 0.5) is 4.79 Å². The molecule has 2 aromatic carbocycles. The molecule has 0 bridgehead atoms. The Morgan fingerprint density at radius 1 is 1.11 bits per heavy atom. The van der Waals surface area contributed by atoms with Crippen molar-refractivity contribution in [3.63, 3.8) is 0 Å². The van der Waals surface area contributed by atoms with Gasteiger partial charge in [-0.1, -0.05) is 48.5 Å². The number of carboxylic acids is 1. The number of para-hydroxylation sites is 1. The zero-order valence-electron chi connectivity index (χ0n) is 14.8. The van der Waals surface area contributed by atoms with E-state index < -0.39 is 12.0 Å². The van der Waals surface area contributed by atoms with Crippen LogP contribution in [0, 0.1) is 0 Å². The van der Waals surface area contributed by atoms with Gasteiger partial charge in [0.05, 0.1) is 6.54 Å². The Morgan fingerprint density at radius 2 is 1.85 bits per heavy atom. The summed E-state index contributed by atoms with van der Waals surface area (Å²) in [4.78, 5) is 29.3. The van der Waals surface area contributed by atoms with Crippen molar-refractivity contribution >= 4 is 22.9 Å². The number of H-pyrrole nitrogens is 1. The first-order valence-corrected chi connectivity index (χ1v) is 9.02. The van der Waals surface area contributed by atoms with Crippen LogP contribution >= 0.6 is 0 Å². The first kappa shape index (κ1) is 17.1. The van der Waals surface area contributed by atoms with Crippen LogP contribution in [0.2, 0.25) is 0 Å². The summed E-state index contributed by atoms with van der Waals surface area (Å²) in [5.41, 5.74) is 4.21. The molecule has 1 atom stereocenters. The third-order valence-corrected chi connectivity index (χ3v) is 5.05. The fraction of sp³-hybridized carbons (Fsp3) is 0.238. The minimum atomic E-state index is -1.03. The van der Waals surface area contributed by atoms with Crippen LogP contribution in [0.15, 0.2) is 54.6 Å². The Kier molecular flexibility index (Phi) is 4.54. The number of aromatic amines is 1. The molecule has 138 valence electrons. The van der Waals surface area contributed by atoms with Crippen LogP contribution in [0.1, 0.15) is 16.8 Å². The maximum atomic E-state index is 12.7. The van der Waals surface area contributed by atoms with Crippen LogP contribution in [0.3, 0.4) is 0 Å². The largest absolute Gasteiger partial charge is 0.480 e. The molecule has 2 amide bonds. The minimum absolute atomic E-state index is 0.257. The lowest BCUT2D eigenvalue weighted by molar-refractivity contribution is -0.139. The van der Waals surface area contributed by atoms with Crippen LogP contribution < -0.4 is 5.32 Å². The van der Waals surface area contributed by atoms with E-state index in [-0.39, 0.29) is 12.5 Å². The fourth-order valence-corrected chi connectivity index (χ4v) is 3.66. The van der Waals surface area contributed by atoms with E-state index in [0.29, 0.717) is 13.1 Å². The molecule has 1 aliphatic rings. The van der Waals surface area contributed by atoms with Crippen molar-refractivity contribution in [1.82, 2.24) is 15.2 Å². The van der Waals surface area contributed by atoms with Gasteiger partial charge in [-0.2, -0.15) is 0 Å². The predicted octanol–water partition coefficient (Wildman–Crippen LogP) is 2.93. The summed E-state index contributed by atoms with van der Waals surface area (Å²) >= 11 is 0. The lowest BCUT2D eigenvalue weighted by Crippen LogP contribution is -2.50. The first-order chi connectivity index (χ1) is 13.1. The highest BCUT2D eigenvalue weighted by Gasteiger charge is 2.27. The van der Waals surface area contributed by atoms with E-state index in [1.165, 1.54) is 10.9 Å². The van der Waals surface area contributed by atoms with Crippen molar-refractivity contribution in [3.8, 4) is 0 Å². The number of carbonyl (C=O) groups excluding carboxylic acids is 1. The molecule has 0 spiro atoms. The number of rotatable bonds is 4. The second-order valence-corrected chi connectivity index (χ2v) is 6.83. The fourth-order valence-electron chi connectivity index (χ4n) is 3.66. The number of aromatic nitrogens is 1. The van der Waals surface area contributed by atoms with E-state index in [1.54, 1.807) is 4.90 Å². The molecule has 6 nitrogen and oxygen atoms in total. The number of carbonyl (C=O) groups is 2. The summed E-state index contributed by atoms with van der Waals surface area (Å²) in [5.74, 6) is -1.03. The highest BCUT2D eigenvalue weighted by molar-refractivity contribution is 5.86. The summed E-state index contributed by atoms with van der Waals surface area (Å²) in [5, 5.41) is 13.4. The zero-order chi connectivity index (χ0) is 18.8. The molecule has 6 heteroatoms. The van der Waals surface area contributed by atoms with Crippen molar-refractivity contribution in [2.24, 2.45) is 0 Å². The van der Waals surface area contributed by atoms with Gasteiger partial charge in [-0.3, -0.25) is 0 Å². The van der Waals surface area contributed by atoms with Gasteiger partial charge in [-0.05, 0) is 23.6 Å². The lowest BCUT2D eigenvalue weighted by atomic mass is 10.0. The van der Waals surface area contributed by atoms with E-state index in [1.807, 2.05) is 48.5 Å². The molecule has 0 saturated carbocycles. The molecule has 3 N–H and O–H groups in total. The molecule has 1 aromatic heterocycles. The number of amides is 2. The highest BCUT2D eigenvalue weighted by Crippen LogP contribution is 2.27. The quantitative estimate of drug-likeness (QED) is 0.666. The Labute approximate surface area is 156 Å². The summed E-state index contributed by atoms with van der Waals surface area (Å²) in [7, 11) is 0. The number of nitrogens with zero attached hydrogens (tertiary/aromatic N) is 1. The van der Waals surface area contributed by atoms with Crippen molar-refractivity contribution in [2.45, 2.75) is 25.4 Å². The lowest BCUT2D eigenvalue weighted by Gasteiger charge is -2.28. The van der Waals surface area contributed by atoms with Crippen molar-refractivity contribution in [1.29, 1.82) is 0 Å². The maximum Gasteiger partial charge on any atom is 0.326 e. The predicted molar refractivity (Wildman–Crippen MR) is 103 cm³/mol. The molecule has 0 radical (unpaired) electrons. The number of benzene rings is 2. The van der Waals surface area contributed by atoms with Crippen molar-refractivity contribution in [2.75, 3.05) is 6.54 Å². The average molecular weight is 363 g/mol. The van der Waals surface area contributed by atoms with Gasteiger partial charge in [0.2, 0.25) is 0 Å². The summed E-state index contributed by atoms with van der Waals surface area (Å²) in [6.45, 7) is 1.02. The first-order valence-electron chi connectivity index (χ1n) is 9.02. The van der Waals surface area contributed by atoms with Crippen molar-refractivity contribution in [3.05, 3.63) is 71.4 Å². The number of aliphatic carboxylic acids is 1. The standard InChI is InChI=1S/C21H21N3O3/c25-20(26)18(12-14-6-2-1-3-7-14)23-21(27)24-11-10-16-15-8-4-5-9-17(15)22-19(16)13-24/h1-9,18,22H,10-13H2,(H,23,27)(H,25,26)/t18-/m0/s1. The Hall–Kier alpha value is -3.28. The molecular formula is C21H21N3O3. The third kappa shape index (κ3) is 3.51. The molecule has 1 aliphatic heterocycles. The summed E-state index contributed by atoms with van der Waals surface area (Å²) in [6, 6.07) is 16.1. The normalized spacial score (nSPS) is 14.6. The van der Waals surface area contributed by atoms with E-state index in [0.717, 1.165) is 23.2 Å². The summed E-state index contributed by atoms with van der Waals surface area (Å²) < 4.78 is 0. The molecule has 2 heterocycles. The van der Waals surface area contributed by atoms with Gasteiger partial charge in [-0.25, -0.2) is 9.59 Å². The molecule has 0 aliphatic carbocycles. The number of nitrogens with one attached hydrogen (secondary N) is 2. The van der Waals surface area contributed by atoms with Gasteiger partial charge >= 0.3 is 12.0 Å². The van der Waals surface area contributed by atoms with Gasteiger partial charge in [0, 0.05) is 29.6 Å². The van der Waals surface area contributed by atoms with Crippen LogP contribution in [0.25, 0.3) is 10.9 Å². The molecular weight excluding hydrogens is 342 g/mol. The molecule has 27 heavy (non-hydrogen) atoms. The van der Waals surface area contributed by atoms with Gasteiger partial charge in [0.1, 0.15) is 6.04 Å². The average Bonchev–Trinajstić information content (AvgIpc) is 3.06. The molecule has 4 rings (SSSR count). The Morgan fingerprint density at radius 3 is 2.63 bits per heavy atom. The second kappa shape index (κ2) is 7.15. The smallest absolute Gasteiger partial charge is 0.326 e. The van der Waals surface area contributed by atoms with E-state index in [9.17, 15) is 14.7 Å². The Bertz CT molecular complexity index is 981. The van der Waals surface area contributed by atoms with Gasteiger partial charge in [0.15, 0.2) is 0 Å². The van der Waals surface area contributed by atoms with E-state index in [4.69, 9.17) is 0 Å². The maximum absolute atomic E-state index is 12.7. The van der Waals surface area contributed by atoms with Crippen LogP contribution in [-0.4, -0.2) is 39.6 Å². The third-order valence-electron chi connectivity index (χ3n) is 5.05. The molecule has 0 unspecified atom stereocenters. The summed E-state index contributed by atoms with van der Waals surface area (Å²) in [6.07, 6.45) is 1.01. The number of hydrogen-bond acceptors (Lipinski definition) is 2. The monoisotopic (exact) mass is 363 g/mol. The van der Waals surface area contributed by atoms with Crippen LogP contribution in [-0.2, 0) is 24.2 Å². The number of carboxylic acid groups (broad SMARTS) is 1. The topological polar surface area (TPSA) is 85.4 Å². The Balaban J connectivity index is 1.47.